The maximum atomic E-state index is 11.9. The summed E-state index contributed by atoms with van der Waals surface area (Å²) in [6.45, 7) is 6.51. The van der Waals surface area contributed by atoms with Crippen molar-refractivity contribution in [1.82, 2.24) is 4.57 Å². The average Bonchev–Trinajstić information content (AvgIpc) is 2.66. The number of rotatable bonds is 5. The highest BCUT2D eigenvalue weighted by atomic mass is 16.5. The lowest BCUT2D eigenvalue weighted by molar-refractivity contribution is 0.0555. The Balaban J connectivity index is 3.41. The monoisotopic (exact) mass is 267 g/mol. The van der Waals surface area contributed by atoms with Gasteiger partial charge in [-0.1, -0.05) is 13.3 Å². The molecule has 1 rings (SSSR count). The number of esters is 2. The highest BCUT2D eigenvalue weighted by molar-refractivity contribution is 6.05. The summed E-state index contributed by atoms with van der Waals surface area (Å²) in [4.78, 5) is 23.7. The zero-order valence-corrected chi connectivity index (χ0v) is 12.2. The first-order valence-electron chi connectivity index (χ1n) is 6.35. The Labute approximate surface area is 113 Å². The van der Waals surface area contributed by atoms with Crippen molar-refractivity contribution >= 4 is 11.9 Å². The normalized spacial score (nSPS) is 10.4. The Kier molecular flexibility index (Phi) is 5.15. The molecule has 0 saturated carbocycles. The van der Waals surface area contributed by atoms with Crippen LogP contribution in [-0.4, -0.2) is 30.7 Å². The summed E-state index contributed by atoms with van der Waals surface area (Å²) in [6, 6.07) is 0. The van der Waals surface area contributed by atoms with Crippen molar-refractivity contribution in [1.29, 1.82) is 0 Å². The van der Waals surface area contributed by atoms with Crippen LogP contribution >= 0.6 is 0 Å². The first-order valence-corrected chi connectivity index (χ1v) is 6.35. The summed E-state index contributed by atoms with van der Waals surface area (Å²) in [7, 11) is 2.61. The van der Waals surface area contributed by atoms with E-state index in [4.69, 9.17) is 9.47 Å². The van der Waals surface area contributed by atoms with E-state index in [0.717, 1.165) is 30.8 Å². The van der Waals surface area contributed by atoms with Gasteiger partial charge in [0.2, 0.25) is 0 Å². The van der Waals surface area contributed by atoms with E-state index in [1.807, 2.05) is 18.4 Å². The Hall–Kier alpha value is -1.78. The largest absolute Gasteiger partial charge is 0.465 e. The predicted molar refractivity (Wildman–Crippen MR) is 71.5 cm³/mol. The van der Waals surface area contributed by atoms with E-state index < -0.39 is 11.9 Å². The van der Waals surface area contributed by atoms with Gasteiger partial charge in [0.15, 0.2) is 0 Å². The van der Waals surface area contributed by atoms with E-state index in [1.165, 1.54) is 14.2 Å². The van der Waals surface area contributed by atoms with Crippen LogP contribution in [0, 0.1) is 13.8 Å². The molecule has 0 radical (unpaired) electrons. The van der Waals surface area contributed by atoms with Gasteiger partial charge in [-0.15, -0.1) is 0 Å². The van der Waals surface area contributed by atoms with Crippen LogP contribution in [0.2, 0.25) is 0 Å². The zero-order valence-electron chi connectivity index (χ0n) is 12.2. The van der Waals surface area contributed by atoms with E-state index in [2.05, 4.69) is 6.92 Å². The third kappa shape index (κ3) is 2.80. The van der Waals surface area contributed by atoms with Crippen molar-refractivity contribution in [2.45, 2.75) is 40.2 Å². The third-order valence-electron chi connectivity index (χ3n) is 3.30. The Morgan fingerprint density at radius 1 is 1.00 bits per heavy atom. The molecule has 0 bridgehead atoms. The molecule has 0 saturated heterocycles. The molecule has 5 nitrogen and oxygen atoms in total. The van der Waals surface area contributed by atoms with Crippen molar-refractivity contribution in [2.75, 3.05) is 14.2 Å². The van der Waals surface area contributed by atoms with Gasteiger partial charge in [-0.05, 0) is 20.3 Å². The topological polar surface area (TPSA) is 57.5 Å². The van der Waals surface area contributed by atoms with Crippen LogP contribution < -0.4 is 0 Å². The first-order chi connectivity index (χ1) is 8.99. The summed E-state index contributed by atoms with van der Waals surface area (Å²) >= 11 is 0. The number of hydrogen-bond donors (Lipinski definition) is 0. The van der Waals surface area contributed by atoms with Crippen LogP contribution in [0.4, 0.5) is 0 Å². The van der Waals surface area contributed by atoms with E-state index in [-0.39, 0.29) is 0 Å². The number of nitrogens with zero attached hydrogens (tertiary/aromatic N) is 1. The molecule has 0 aliphatic heterocycles. The molecule has 0 aliphatic carbocycles. The number of hydrogen-bond acceptors (Lipinski definition) is 4. The summed E-state index contributed by atoms with van der Waals surface area (Å²) < 4.78 is 11.5. The molecule has 0 N–H and O–H groups in total. The highest BCUT2D eigenvalue weighted by Gasteiger charge is 2.28. The van der Waals surface area contributed by atoms with Crippen LogP contribution in [0.25, 0.3) is 0 Å². The Morgan fingerprint density at radius 3 is 1.74 bits per heavy atom. The van der Waals surface area contributed by atoms with Crippen LogP contribution in [-0.2, 0) is 16.0 Å². The number of aromatic nitrogens is 1. The summed E-state index contributed by atoms with van der Waals surface area (Å²) in [6.07, 6.45) is 2.02. The average molecular weight is 267 g/mol. The van der Waals surface area contributed by atoms with E-state index in [0.29, 0.717) is 11.1 Å². The second-order valence-corrected chi connectivity index (χ2v) is 4.41. The molecular formula is C14H21NO4. The maximum Gasteiger partial charge on any atom is 0.340 e. The summed E-state index contributed by atoms with van der Waals surface area (Å²) in [5.74, 6) is -1.01. The minimum absolute atomic E-state index is 0.308. The van der Waals surface area contributed by atoms with Gasteiger partial charge in [-0.25, -0.2) is 9.59 Å². The molecular weight excluding hydrogens is 246 g/mol. The number of ether oxygens (including phenoxy) is 2. The molecule has 19 heavy (non-hydrogen) atoms. The van der Waals surface area contributed by atoms with Gasteiger partial charge in [-0.3, -0.25) is 0 Å². The molecule has 0 amide bonds. The molecule has 0 spiro atoms. The molecule has 0 atom stereocenters. The molecule has 5 heteroatoms. The standard InChI is InChI=1S/C14H21NO4/c1-6-7-8-15-9(2)11(13(16)18-4)12(10(15)3)14(17)19-5/h6-8H2,1-5H3. The molecule has 1 aromatic heterocycles. The Bertz CT molecular complexity index is 449. The lowest BCUT2D eigenvalue weighted by Crippen LogP contribution is -2.11. The smallest absolute Gasteiger partial charge is 0.340 e. The van der Waals surface area contributed by atoms with E-state index >= 15 is 0 Å². The minimum atomic E-state index is -0.503. The lowest BCUT2D eigenvalue weighted by atomic mass is 10.1. The van der Waals surface area contributed by atoms with Crippen LogP contribution in [0.5, 0.6) is 0 Å². The fourth-order valence-corrected chi connectivity index (χ4v) is 2.24. The van der Waals surface area contributed by atoms with Crippen molar-refractivity contribution < 1.29 is 19.1 Å². The van der Waals surface area contributed by atoms with Crippen molar-refractivity contribution in [3.05, 3.63) is 22.5 Å². The molecule has 1 heterocycles. The van der Waals surface area contributed by atoms with Crippen LogP contribution in [0.1, 0.15) is 51.9 Å². The van der Waals surface area contributed by atoms with Crippen molar-refractivity contribution in [3.8, 4) is 0 Å². The van der Waals surface area contributed by atoms with Gasteiger partial charge in [0.05, 0.1) is 25.3 Å². The van der Waals surface area contributed by atoms with Crippen LogP contribution in [0.15, 0.2) is 0 Å². The van der Waals surface area contributed by atoms with E-state index in [9.17, 15) is 9.59 Å². The number of carbonyl (C=O) groups excluding carboxylic acids is 2. The predicted octanol–water partition coefficient (Wildman–Crippen LogP) is 2.48. The fourth-order valence-electron chi connectivity index (χ4n) is 2.24. The number of unbranched alkanes of at least 4 members (excludes halogenated alkanes) is 1. The molecule has 0 fully saturated rings. The molecule has 106 valence electrons. The van der Waals surface area contributed by atoms with Crippen molar-refractivity contribution in [2.24, 2.45) is 0 Å². The second kappa shape index (κ2) is 6.41. The fraction of sp³-hybridized carbons (Fsp3) is 0.571. The first kappa shape index (κ1) is 15.3. The third-order valence-corrected chi connectivity index (χ3v) is 3.30. The Morgan fingerprint density at radius 2 is 1.42 bits per heavy atom. The van der Waals surface area contributed by atoms with Crippen molar-refractivity contribution in [3.63, 3.8) is 0 Å². The molecule has 0 aromatic carbocycles. The second-order valence-electron chi connectivity index (χ2n) is 4.41. The SMILES string of the molecule is CCCCn1c(C)c(C(=O)OC)c(C(=O)OC)c1C. The van der Waals surface area contributed by atoms with Gasteiger partial charge in [0.1, 0.15) is 0 Å². The molecule has 0 unspecified atom stereocenters. The minimum Gasteiger partial charge on any atom is -0.465 e. The molecule has 0 aliphatic rings. The van der Waals surface area contributed by atoms with Gasteiger partial charge in [0.25, 0.3) is 0 Å². The van der Waals surface area contributed by atoms with Gasteiger partial charge < -0.3 is 14.0 Å². The lowest BCUT2D eigenvalue weighted by Gasteiger charge is -2.08. The number of carbonyl (C=O) groups is 2. The highest BCUT2D eigenvalue weighted by Crippen LogP contribution is 2.24. The zero-order chi connectivity index (χ0) is 14.6. The summed E-state index contributed by atoms with van der Waals surface area (Å²) in [5, 5.41) is 0. The number of methoxy groups -OCH3 is 2. The maximum absolute atomic E-state index is 11.9. The van der Waals surface area contributed by atoms with Gasteiger partial charge in [-0.2, -0.15) is 0 Å². The van der Waals surface area contributed by atoms with E-state index in [1.54, 1.807) is 0 Å². The molecule has 1 aromatic rings. The van der Waals surface area contributed by atoms with Gasteiger partial charge in [0, 0.05) is 17.9 Å². The quantitative estimate of drug-likeness (QED) is 0.769. The summed E-state index contributed by atoms with van der Waals surface area (Å²) in [5.41, 5.74) is 2.11. The van der Waals surface area contributed by atoms with Crippen LogP contribution in [0.3, 0.4) is 0 Å². The van der Waals surface area contributed by atoms with Gasteiger partial charge >= 0.3 is 11.9 Å².